The van der Waals surface area contributed by atoms with Crippen molar-refractivity contribution in [2.75, 3.05) is 45.1 Å². The first kappa shape index (κ1) is 19.4. The quantitative estimate of drug-likeness (QED) is 0.544. The van der Waals surface area contributed by atoms with Gasteiger partial charge < -0.3 is 24.8 Å². The van der Waals surface area contributed by atoms with Crippen molar-refractivity contribution in [1.29, 1.82) is 0 Å². The lowest BCUT2D eigenvalue weighted by Gasteiger charge is -2.14. The van der Waals surface area contributed by atoms with E-state index >= 15 is 0 Å². The molecule has 3 aromatic rings. The Morgan fingerprint density at radius 3 is 2.36 bits per heavy atom. The number of anilines is 3. The zero-order valence-electron chi connectivity index (χ0n) is 16.2. The highest BCUT2D eigenvalue weighted by Gasteiger charge is 2.10. The van der Waals surface area contributed by atoms with Crippen LogP contribution in [-0.2, 0) is 4.74 Å². The zero-order chi connectivity index (χ0) is 19.8. The second-order valence-corrected chi connectivity index (χ2v) is 5.94. The molecule has 0 radical (unpaired) electrons. The smallest absolute Gasteiger partial charge is 0.163 e. The van der Waals surface area contributed by atoms with Gasteiger partial charge in [0.25, 0.3) is 0 Å². The highest BCUT2D eigenvalue weighted by molar-refractivity contribution is 5.69. The van der Waals surface area contributed by atoms with Gasteiger partial charge in [0.15, 0.2) is 5.82 Å². The Balaban J connectivity index is 1.94. The predicted octanol–water partition coefficient (Wildman–Crippen LogP) is 3.96. The summed E-state index contributed by atoms with van der Waals surface area (Å²) in [6.07, 6.45) is 0. The van der Waals surface area contributed by atoms with Gasteiger partial charge in [0.05, 0.1) is 26.5 Å². The number of hydrogen-bond donors (Lipinski definition) is 2. The van der Waals surface area contributed by atoms with Gasteiger partial charge in [-0.2, -0.15) is 0 Å². The molecule has 1 aromatic heterocycles. The molecule has 0 unspecified atom stereocenters. The summed E-state index contributed by atoms with van der Waals surface area (Å²) in [5.41, 5.74) is 1.71. The van der Waals surface area contributed by atoms with E-state index in [-0.39, 0.29) is 0 Å². The fraction of sp³-hybridized carbons (Fsp3) is 0.238. The third-order valence-corrected chi connectivity index (χ3v) is 4.04. The Hall–Kier alpha value is -3.32. The molecule has 0 fully saturated rings. The molecule has 0 bridgehead atoms. The van der Waals surface area contributed by atoms with Gasteiger partial charge in [0, 0.05) is 31.4 Å². The van der Waals surface area contributed by atoms with Crippen LogP contribution in [0, 0.1) is 0 Å². The summed E-state index contributed by atoms with van der Waals surface area (Å²) < 4.78 is 15.8. The van der Waals surface area contributed by atoms with Crippen molar-refractivity contribution in [2.24, 2.45) is 0 Å². The fourth-order valence-electron chi connectivity index (χ4n) is 2.64. The molecule has 7 heteroatoms. The first-order valence-electron chi connectivity index (χ1n) is 8.90. The number of nitrogens with zero attached hydrogens (tertiary/aromatic N) is 2. The van der Waals surface area contributed by atoms with Crippen LogP contribution in [0.1, 0.15) is 0 Å². The molecule has 7 nitrogen and oxygen atoms in total. The van der Waals surface area contributed by atoms with Gasteiger partial charge in [-0.3, -0.25) is 0 Å². The molecule has 0 saturated heterocycles. The van der Waals surface area contributed by atoms with E-state index in [4.69, 9.17) is 14.2 Å². The third kappa shape index (κ3) is 4.89. The second kappa shape index (κ2) is 9.57. The molecule has 3 rings (SSSR count). The Morgan fingerprint density at radius 1 is 0.857 bits per heavy atom. The molecule has 0 aliphatic heterocycles. The molecule has 0 spiro atoms. The summed E-state index contributed by atoms with van der Waals surface area (Å²) in [4.78, 5) is 9.28. The normalized spacial score (nSPS) is 10.4. The topological polar surface area (TPSA) is 77.5 Å². The van der Waals surface area contributed by atoms with Gasteiger partial charge in [-0.25, -0.2) is 9.97 Å². The summed E-state index contributed by atoms with van der Waals surface area (Å²) in [6, 6.07) is 17.3. The average Bonchev–Trinajstić information content (AvgIpc) is 2.74. The maximum absolute atomic E-state index is 5.47. The van der Waals surface area contributed by atoms with Gasteiger partial charge in [0.2, 0.25) is 0 Å². The molecule has 2 N–H and O–H groups in total. The van der Waals surface area contributed by atoms with Crippen molar-refractivity contribution in [3.05, 3.63) is 54.6 Å². The monoisotopic (exact) mass is 380 g/mol. The molecule has 0 saturated carbocycles. The van der Waals surface area contributed by atoms with Gasteiger partial charge in [-0.15, -0.1) is 0 Å². The number of benzene rings is 2. The van der Waals surface area contributed by atoms with Crippen LogP contribution in [0.15, 0.2) is 54.6 Å². The average molecular weight is 380 g/mol. The predicted molar refractivity (Wildman–Crippen MR) is 111 cm³/mol. The van der Waals surface area contributed by atoms with E-state index in [1.807, 2.05) is 54.6 Å². The largest absolute Gasteiger partial charge is 0.497 e. The maximum Gasteiger partial charge on any atom is 0.163 e. The van der Waals surface area contributed by atoms with Crippen LogP contribution in [0.5, 0.6) is 11.5 Å². The molecule has 28 heavy (non-hydrogen) atoms. The van der Waals surface area contributed by atoms with Crippen molar-refractivity contribution < 1.29 is 14.2 Å². The van der Waals surface area contributed by atoms with Crippen LogP contribution in [0.2, 0.25) is 0 Å². The van der Waals surface area contributed by atoms with Crippen molar-refractivity contribution in [2.45, 2.75) is 0 Å². The Labute approximate surface area is 164 Å². The molecule has 0 atom stereocenters. The molecule has 0 aliphatic carbocycles. The van der Waals surface area contributed by atoms with E-state index in [0.717, 1.165) is 17.0 Å². The standard InChI is InChI=1S/C21H24N4O3/c1-26-12-11-22-19-14-20(25-21(24-19)15-7-5-4-6-8-15)23-17-10-9-16(27-2)13-18(17)28-3/h4-10,13-14H,11-12H2,1-3H3,(H2,22,23,24,25). The summed E-state index contributed by atoms with van der Waals surface area (Å²) in [6.45, 7) is 1.23. The van der Waals surface area contributed by atoms with Crippen molar-refractivity contribution in [3.63, 3.8) is 0 Å². The van der Waals surface area contributed by atoms with Crippen molar-refractivity contribution in [1.82, 2.24) is 9.97 Å². The third-order valence-electron chi connectivity index (χ3n) is 4.04. The van der Waals surface area contributed by atoms with Gasteiger partial charge in [-0.1, -0.05) is 30.3 Å². The second-order valence-electron chi connectivity index (χ2n) is 5.94. The minimum Gasteiger partial charge on any atom is -0.497 e. The number of aromatic nitrogens is 2. The SMILES string of the molecule is COCCNc1cc(Nc2ccc(OC)cc2OC)nc(-c2ccccc2)n1. The molecule has 2 aromatic carbocycles. The minimum atomic E-state index is 0.583. The summed E-state index contributed by atoms with van der Waals surface area (Å²) >= 11 is 0. The maximum atomic E-state index is 5.47. The molecule has 1 heterocycles. The van der Waals surface area contributed by atoms with Gasteiger partial charge in [-0.05, 0) is 12.1 Å². The van der Waals surface area contributed by atoms with E-state index in [1.54, 1.807) is 21.3 Å². The van der Waals surface area contributed by atoms with Crippen LogP contribution in [0.25, 0.3) is 11.4 Å². The summed E-state index contributed by atoms with van der Waals surface area (Å²) in [7, 11) is 4.91. The molecule has 146 valence electrons. The Bertz CT molecular complexity index is 903. The van der Waals surface area contributed by atoms with E-state index in [1.165, 1.54) is 0 Å². The number of methoxy groups -OCH3 is 3. The molecular formula is C21H24N4O3. The highest BCUT2D eigenvalue weighted by Crippen LogP contribution is 2.32. The number of ether oxygens (including phenoxy) is 3. The van der Waals surface area contributed by atoms with Gasteiger partial charge >= 0.3 is 0 Å². The van der Waals surface area contributed by atoms with Crippen LogP contribution >= 0.6 is 0 Å². The lowest BCUT2D eigenvalue weighted by atomic mass is 10.2. The van der Waals surface area contributed by atoms with Crippen LogP contribution < -0.4 is 20.1 Å². The van der Waals surface area contributed by atoms with Gasteiger partial charge in [0.1, 0.15) is 23.1 Å². The van der Waals surface area contributed by atoms with Crippen LogP contribution in [-0.4, -0.2) is 44.4 Å². The van der Waals surface area contributed by atoms with E-state index in [0.29, 0.717) is 36.4 Å². The first-order valence-corrected chi connectivity index (χ1v) is 8.90. The Morgan fingerprint density at radius 2 is 1.64 bits per heavy atom. The van der Waals surface area contributed by atoms with Crippen LogP contribution in [0.3, 0.4) is 0 Å². The Kier molecular flexibility index (Phi) is 6.64. The lowest BCUT2D eigenvalue weighted by molar-refractivity contribution is 0.210. The molecule has 0 aliphatic rings. The number of hydrogen-bond acceptors (Lipinski definition) is 7. The van der Waals surface area contributed by atoms with Crippen molar-refractivity contribution in [3.8, 4) is 22.9 Å². The molecular weight excluding hydrogens is 356 g/mol. The lowest BCUT2D eigenvalue weighted by Crippen LogP contribution is -2.10. The number of rotatable bonds is 9. The van der Waals surface area contributed by atoms with Crippen molar-refractivity contribution >= 4 is 17.3 Å². The minimum absolute atomic E-state index is 0.583. The number of nitrogens with one attached hydrogen (secondary N) is 2. The molecule has 0 amide bonds. The van der Waals surface area contributed by atoms with E-state index < -0.39 is 0 Å². The first-order chi connectivity index (χ1) is 13.7. The van der Waals surface area contributed by atoms with E-state index in [9.17, 15) is 0 Å². The van der Waals surface area contributed by atoms with E-state index in [2.05, 4.69) is 20.6 Å². The highest BCUT2D eigenvalue weighted by atomic mass is 16.5. The fourth-order valence-corrected chi connectivity index (χ4v) is 2.64. The van der Waals surface area contributed by atoms with Crippen LogP contribution in [0.4, 0.5) is 17.3 Å². The summed E-state index contributed by atoms with van der Waals surface area (Å²) in [5.74, 6) is 3.36. The zero-order valence-corrected chi connectivity index (χ0v) is 16.2. The summed E-state index contributed by atoms with van der Waals surface area (Å²) in [5, 5.41) is 6.57.